The Labute approximate surface area is 190 Å². The molecule has 0 aliphatic rings. The summed E-state index contributed by atoms with van der Waals surface area (Å²) in [5.74, 6) is 0.220. The summed E-state index contributed by atoms with van der Waals surface area (Å²) in [6, 6.07) is 18.0. The number of imidazole rings is 1. The molecule has 4 aromatic rings. The van der Waals surface area contributed by atoms with Crippen molar-refractivity contribution in [2.75, 3.05) is 7.05 Å². The maximum absolute atomic E-state index is 13.6. The van der Waals surface area contributed by atoms with Crippen LogP contribution < -0.4 is 0 Å². The summed E-state index contributed by atoms with van der Waals surface area (Å²) in [6.07, 6.45) is 5.00. The van der Waals surface area contributed by atoms with Gasteiger partial charge >= 0.3 is 0 Å². The van der Waals surface area contributed by atoms with Crippen molar-refractivity contribution >= 4 is 17.7 Å². The summed E-state index contributed by atoms with van der Waals surface area (Å²) in [7, 11) is 1.75. The fraction of sp³-hybridized carbons (Fsp3) is 0.160. The zero-order valence-electron chi connectivity index (χ0n) is 17.9. The van der Waals surface area contributed by atoms with E-state index in [1.54, 1.807) is 59.0 Å². The van der Waals surface area contributed by atoms with Gasteiger partial charge in [-0.3, -0.25) is 14.3 Å². The van der Waals surface area contributed by atoms with Gasteiger partial charge in [-0.05, 0) is 60.0 Å². The van der Waals surface area contributed by atoms with Gasteiger partial charge in [0.15, 0.2) is 5.16 Å². The number of amides is 1. The van der Waals surface area contributed by atoms with E-state index in [0.29, 0.717) is 28.8 Å². The number of nitrogens with zero attached hydrogens (tertiary/aromatic N) is 4. The molecule has 162 valence electrons. The molecule has 7 heteroatoms. The standard InChI is InChI=1S/C25H23FN4OS/c1-18-5-3-4-6-20(18)17-32-25-28-15-23(30(25)22-9-7-21(26)8-10-22)24(31)29(2)16-19-11-13-27-14-12-19/h3-15H,16-17H2,1-2H3. The second kappa shape index (κ2) is 9.78. The molecule has 5 nitrogen and oxygen atoms in total. The fourth-order valence-electron chi connectivity index (χ4n) is 3.37. The fourth-order valence-corrected chi connectivity index (χ4v) is 4.44. The molecule has 1 amide bonds. The molecule has 0 fully saturated rings. The van der Waals surface area contributed by atoms with Crippen molar-refractivity contribution in [1.29, 1.82) is 0 Å². The molecular weight excluding hydrogens is 423 g/mol. The topological polar surface area (TPSA) is 51.0 Å². The number of aryl methyl sites for hydroxylation is 1. The number of benzene rings is 2. The molecular formula is C25H23FN4OS. The number of hydrogen-bond acceptors (Lipinski definition) is 4. The highest BCUT2D eigenvalue weighted by molar-refractivity contribution is 7.98. The molecule has 0 aliphatic heterocycles. The summed E-state index contributed by atoms with van der Waals surface area (Å²) in [6.45, 7) is 2.52. The average Bonchev–Trinajstić information content (AvgIpc) is 3.23. The number of rotatable bonds is 7. The Bertz CT molecular complexity index is 1210. The predicted molar refractivity (Wildman–Crippen MR) is 124 cm³/mol. The SMILES string of the molecule is Cc1ccccc1CSc1ncc(C(=O)N(C)Cc2ccncc2)n1-c1ccc(F)cc1. The zero-order chi connectivity index (χ0) is 22.5. The van der Waals surface area contributed by atoms with Crippen molar-refractivity contribution in [2.45, 2.75) is 24.4 Å². The Hall–Kier alpha value is -3.45. The van der Waals surface area contributed by atoms with Crippen LogP contribution in [0.3, 0.4) is 0 Å². The van der Waals surface area contributed by atoms with Gasteiger partial charge in [0.05, 0.1) is 6.20 Å². The van der Waals surface area contributed by atoms with Gasteiger partial charge in [0, 0.05) is 37.4 Å². The first-order chi connectivity index (χ1) is 15.5. The Morgan fingerprint density at radius 3 is 2.50 bits per heavy atom. The summed E-state index contributed by atoms with van der Waals surface area (Å²) in [5, 5.41) is 0.681. The first kappa shape index (κ1) is 21.8. The number of carbonyl (C=O) groups is 1. The van der Waals surface area contributed by atoms with E-state index in [1.807, 2.05) is 24.3 Å². The molecule has 0 saturated heterocycles. The van der Waals surface area contributed by atoms with Gasteiger partial charge in [-0.15, -0.1) is 0 Å². The second-order valence-electron chi connectivity index (χ2n) is 7.47. The van der Waals surface area contributed by atoms with Crippen LogP contribution in [0.25, 0.3) is 5.69 Å². The minimum absolute atomic E-state index is 0.165. The number of thioether (sulfide) groups is 1. The highest BCUT2D eigenvalue weighted by Gasteiger charge is 2.22. The lowest BCUT2D eigenvalue weighted by atomic mass is 10.1. The summed E-state index contributed by atoms with van der Waals surface area (Å²) >= 11 is 1.55. The highest BCUT2D eigenvalue weighted by atomic mass is 32.2. The van der Waals surface area contributed by atoms with Crippen molar-refractivity contribution in [3.05, 3.63) is 107 Å². The first-order valence-corrected chi connectivity index (χ1v) is 11.2. The van der Waals surface area contributed by atoms with Crippen LogP contribution in [-0.4, -0.2) is 32.4 Å². The third-order valence-electron chi connectivity index (χ3n) is 5.17. The van der Waals surface area contributed by atoms with E-state index >= 15 is 0 Å². The molecule has 0 aliphatic carbocycles. The lowest BCUT2D eigenvalue weighted by Crippen LogP contribution is -2.28. The van der Waals surface area contributed by atoms with Crippen molar-refractivity contribution in [3.63, 3.8) is 0 Å². The largest absolute Gasteiger partial charge is 0.336 e. The molecule has 0 bridgehead atoms. The molecule has 2 heterocycles. The number of hydrogen-bond donors (Lipinski definition) is 0. The number of halogens is 1. The van der Waals surface area contributed by atoms with Crippen molar-refractivity contribution in [3.8, 4) is 5.69 Å². The lowest BCUT2D eigenvalue weighted by Gasteiger charge is -2.19. The van der Waals surface area contributed by atoms with Crippen LogP contribution in [0.1, 0.15) is 27.2 Å². The molecule has 0 atom stereocenters. The van der Waals surface area contributed by atoms with E-state index in [0.717, 1.165) is 5.56 Å². The van der Waals surface area contributed by atoms with Crippen molar-refractivity contribution in [1.82, 2.24) is 19.4 Å². The van der Waals surface area contributed by atoms with E-state index in [2.05, 4.69) is 29.0 Å². The molecule has 32 heavy (non-hydrogen) atoms. The maximum atomic E-state index is 13.6. The van der Waals surface area contributed by atoms with E-state index in [9.17, 15) is 9.18 Å². The number of pyridine rings is 1. The Morgan fingerprint density at radius 2 is 1.78 bits per heavy atom. The van der Waals surface area contributed by atoms with Gasteiger partial charge in [0.1, 0.15) is 11.5 Å². The van der Waals surface area contributed by atoms with Crippen LogP contribution in [0.4, 0.5) is 4.39 Å². The minimum Gasteiger partial charge on any atom is -0.336 e. The highest BCUT2D eigenvalue weighted by Crippen LogP contribution is 2.28. The molecule has 0 N–H and O–H groups in total. The minimum atomic E-state index is -0.328. The van der Waals surface area contributed by atoms with Crippen LogP contribution in [0.2, 0.25) is 0 Å². The molecule has 0 radical (unpaired) electrons. The smallest absolute Gasteiger partial charge is 0.272 e. The van der Waals surface area contributed by atoms with Crippen LogP contribution in [0.5, 0.6) is 0 Å². The molecule has 2 aromatic carbocycles. The van der Waals surface area contributed by atoms with Gasteiger partial charge in [-0.1, -0.05) is 36.0 Å². The molecule has 0 spiro atoms. The zero-order valence-corrected chi connectivity index (χ0v) is 18.7. The van der Waals surface area contributed by atoms with Crippen LogP contribution in [-0.2, 0) is 12.3 Å². The van der Waals surface area contributed by atoms with E-state index in [-0.39, 0.29) is 11.7 Å². The second-order valence-corrected chi connectivity index (χ2v) is 8.41. The molecule has 0 unspecified atom stereocenters. The number of aromatic nitrogens is 3. The van der Waals surface area contributed by atoms with Gasteiger partial charge in [-0.25, -0.2) is 9.37 Å². The van der Waals surface area contributed by atoms with Gasteiger partial charge in [0.25, 0.3) is 5.91 Å². The lowest BCUT2D eigenvalue weighted by molar-refractivity contribution is 0.0776. The van der Waals surface area contributed by atoms with Gasteiger partial charge < -0.3 is 4.90 Å². The quantitative estimate of drug-likeness (QED) is 0.363. The van der Waals surface area contributed by atoms with E-state index in [4.69, 9.17) is 0 Å². The van der Waals surface area contributed by atoms with Gasteiger partial charge in [0.2, 0.25) is 0 Å². The van der Waals surface area contributed by atoms with E-state index in [1.165, 1.54) is 23.3 Å². The third-order valence-corrected chi connectivity index (χ3v) is 6.17. The van der Waals surface area contributed by atoms with E-state index < -0.39 is 0 Å². The van der Waals surface area contributed by atoms with Crippen LogP contribution >= 0.6 is 11.8 Å². The van der Waals surface area contributed by atoms with Crippen LogP contribution in [0.15, 0.2) is 84.4 Å². The van der Waals surface area contributed by atoms with Crippen molar-refractivity contribution < 1.29 is 9.18 Å². The molecule has 0 saturated carbocycles. The molecule has 2 aromatic heterocycles. The predicted octanol–water partition coefficient (Wildman–Crippen LogP) is 5.28. The maximum Gasteiger partial charge on any atom is 0.272 e. The first-order valence-electron chi connectivity index (χ1n) is 10.2. The summed E-state index contributed by atoms with van der Waals surface area (Å²) in [5.41, 5.74) is 4.51. The van der Waals surface area contributed by atoms with Crippen LogP contribution in [0, 0.1) is 12.7 Å². The average molecular weight is 447 g/mol. The number of carbonyl (C=O) groups excluding carboxylic acids is 1. The third kappa shape index (κ3) is 4.89. The van der Waals surface area contributed by atoms with Crippen molar-refractivity contribution in [2.24, 2.45) is 0 Å². The Kier molecular flexibility index (Phi) is 6.66. The summed E-state index contributed by atoms with van der Waals surface area (Å²) in [4.78, 5) is 23.5. The van der Waals surface area contributed by atoms with Gasteiger partial charge in [-0.2, -0.15) is 0 Å². The summed E-state index contributed by atoms with van der Waals surface area (Å²) < 4.78 is 15.4. The Balaban J connectivity index is 1.65. The molecule has 4 rings (SSSR count). The monoisotopic (exact) mass is 446 g/mol. The normalized spacial score (nSPS) is 10.8. The Morgan fingerprint density at radius 1 is 1.06 bits per heavy atom.